The number of nitrogens with zero attached hydrogens (tertiary/aromatic N) is 1. The SMILES string of the molecule is CC(C)CC1CNCCN1Cc1c(Cl)cccc1Cl. The quantitative estimate of drug-likeness (QED) is 0.909. The summed E-state index contributed by atoms with van der Waals surface area (Å²) in [6, 6.07) is 6.31. The van der Waals surface area contributed by atoms with Crippen molar-refractivity contribution >= 4 is 23.2 Å². The maximum atomic E-state index is 6.28. The molecule has 0 spiro atoms. The summed E-state index contributed by atoms with van der Waals surface area (Å²) in [5.41, 5.74) is 1.06. The van der Waals surface area contributed by atoms with Crippen molar-refractivity contribution in [1.29, 1.82) is 0 Å². The molecule has 1 aromatic carbocycles. The number of hydrogen-bond donors (Lipinski definition) is 1. The van der Waals surface area contributed by atoms with Crippen LogP contribution in [0.4, 0.5) is 0 Å². The zero-order chi connectivity index (χ0) is 13.8. The van der Waals surface area contributed by atoms with Gasteiger partial charge in [-0.25, -0.2) is 0 Å². The molecule has 1 heterocycles. The summed E-state index contributed by atoms with van der Waals surface area (Å²) in [6.07, 6.45) is 1.20. The maximum absolute atomic E-state index is 6.28. The Hall–Kier alpha value is -0.280. The number of hydrogen-bond acceptors (Lipinski definition) is 2. The van der Waals surface area contributed by atoms with Gasteiger partial charge in [0.05, 0.1) is 0 Å². The van der Waals surface area contributed by atoms with Crippen molar-refractivity contribution in [2.75, 3.05) is 19.6 Å². The lowest BCUT2D eigenvalue weighted by Gasteiger charge is -2.37. The van der Waals surface area contributed by atoms with Gasteiger partial charge in [0.25, 0.3) is 0 Å². The summed E-state index contributed by atoms with van der Waals surface area (Å²) in [5.74, 6) is 0.703. The van der Waals surface area contributed by atoms with Crippen molar-refractivity contribution < 1.29 is 0 Å². The highest BCUT2D eigenvalue weighted by atomic mass is 35.5. The third kappa shape index (κ3) is 4.09. The molecule has 2 nitrogen and oxygen atoms in total. The zero-order valence-electron chi connectivity index (χ0n) is 11.6. The van der Waals surface area contributed by atoms with Crippen molar-refractivity contribution in [3.63, 3.8) is 0 Å². The second-order valence-corrected chi connectivity index (χ2v) is 6.47. The van der Waals surface area contributed by atoms with Crippen molar-refractivity contribution in [1.82, 2.24) is 10.2 Å². The molecule has 1 unspecified atom stereocenters. The van der Waals surface area contributed by atoms with E-state index in [9.17, 15) is 0 Å². The van der Waals surface area contributed by atoms with Gasteiger partial charge in [-0.2, -0.15) is 0 Å². The van der Waals surface area contributed by atoms with Crippen LogP contribution in [0.15, 0.2) is 18.2 Å². The van der Waals surface area contributed by atoms with Crippen LogP contribution in [0.25, 0.3) is 0 Å². The second-order valence-electron chi connectivity index (χ2n) is 5.66. The highest BCUT2D eigenvalue weighted by Gasteiger charge is 2.24. The van der Waals surface area contributed by atoms with Gasteiger partial charge >= 0.3 is 0 Å². The molecule has 0 aliphatic carbocycles. The average Bonchev–Trinajstić information content (AvgIpc) is 2.35. The largest absolute Gasteiger partial charge is 0.314 e. The first-order chi connectivity index (χ1) is 9.08. The third-order valence-corrected chi connectivity index (χ3v) is 4.35. The molecule has 1 fully saturated rings. The Balaban J connectivity index is 2.11. The molecule has 1 N–H and O–H groups in total. The molecule has 0 aromatic heterocycles. The van der Waals surface area contributed by atoms with E-state index in [1.165, 1.54) is 6.42 Å². The Kier molecular flexibility index (Phi) is 5.52. The molecule has 2 rings (SSSR count). The van der Waals surface area contributed by atoms with Gasteiger partial charge in [-0.1, -0.05) is 43.1 Å². The van der Waals surface area contributed by atoms with E-state index in [0.717, 1.165) is 41.8 Å². The lowest BCUT2D eigenvalue weighted by Crippen LogP contribution is -2.51. The molecule has 4 heteroatoms. The predicted octanol–water partition coefficient (Wildman–Crippen LogP) is 3.81. The van der Waals surface area contributed by atoms with Gasteiger partial charge < -0.3 is 5.32 Å². The minimum atomic E-state index is 0.570. The fourth-order valence-electron chi connectivity index (χ4n) is 2.67. The van der Waals surface area contributed by atoms with Gasteiger partial charge in [-0.3, -0.25) is 4.90 Å². The Labute approximate surface area is 126 Å². The molecule has 1 aliphatic heterocycles. The van der Waals surface area contributed by atoms with Gasteiger partial charge in [0.2, 0.25) is 0 Å². The monoisotopic (exact) mass is 300 g/mol. The summed E-state index contributed by atoms with van der Waals surface area (Å²) in [6.45, 7) is 8.54. The molecule has 1 aromatic rings. The molecule has 106 valence electrons. The number of nitrogens with one attached hydrogen (secondary N) is 1. The van der Waals surface area contributed by atoms with Crippen LogP contribution in [0.2, 0.25) is 10.0 Å². The van der Waals surface area contributed by atoms with Crippen LogP contribution >= 0.6 is 23.2 Å². The number of piperazine rings is 1. The van der Waals surface area contributed by atoms with E-state index in [1.54, 1.807) is 0 Å². The topological polar surface area (TPSA) is 15.3 Å². The summed E-state index contributed by atoms with van der Waals surface area (Å²) in [5, 5.41) is 5.02. The van der Waals surface area contributed by atoms with Crippen molar-refractivity contribution in [2.45, 2.75) is 32.9 Å². The summed E-state index contributed by atoms with van der Waals surface area (Å²) >= 11 is 12.6. The highest BCUT2D eigenvalue weighted by molar-refractivity contribution is 6.35. The van der Waals surface area contributed by atoms with Crippen molar-refractivity contribution in [3.8, 4) is 0 Å². The van der Waals surface area contributed by atoms with Crippen LogP contribution in [0.5, 0.6) is 0 Å². The molecule has 1 aliphatic rings. The smallest absolute Gasteiger partial charge is 0.0465 e. The maximum Gasteiger partial charge on any atom is 0.0465 e. The summed E-state index contributed by atoms with van der Waals surface area (Å²) < 4.78 is 0. The first-order valence-corrected chi connectivity index (χ1v) is 7.71. The number of benzene rings is 1. The van der Waals surface area contributed by atoms with Crippen molar-refractivity contribution in [2.24, 2.45) is 5.92 Å². The van der Waals surface area contributed by atoms with Crippen LogP contribution in [-0.2, 0) is 6.54 Å². The van der Waals surface area contributed by atoms with E-state index >= 15 is 0 Å². The number of halogens is 2. The van der Waals surface area contributed by atoms with Gasteiger partial charge in [0.15, 0.2) is 0 Å². The summed E-state index contributed by atoms with van der Waals surface area (Å²) in [7, 11) is 0. The summed E-state index contributed by atoms with van der Waals surface area (Å²) in [4.78, 5) is 2.50. The lowest BCUT2D eigenvalue weighted by molar-refractivity contribution is 0.134. The minimum absolute atomic E-state index is 0.570. The third-order valence-electron chi connectivity index (χ3n) is 3.64. The molecule has 0 bridgehead atoms. The van der Waals surface area contributed by atoms with Crippen LogP contribution in [0.3, 0.4) is 0 Å². The van der Waals surface area contributed by atoms with Crippen LogP contribution in [0, 0.1) is 5.92 Å². The fourth-order valence-corrected chi connectivity index (χ4v) is 3.19. The van der Waals surface area contributed by atoms with Gasteiger partial charge in [0, 0.05) is 47.8 Å². The lowest BCUT2D eigenvalue weighted by atomic mass is 10.00. The Morgan fingerprint density at radius 1 is 1.32 bits per heavy atom. The first-order valence-electron chi connectivity index (χ1n) is 6.95. The number of rotatable bonds is 4. The molecule has 0 radical (unpaired) electrons. The van der Waals surface area contributed by atoms with E-state index in [0.29, 0.717) is 12.0 Å². The van der Waals surface area contributed by atoms with Gasteiger partial charge in [-0.15, -0.1) is 0 Å². The first kappa shape index (κ1) is 15.1. The van der Waals surface area contributed by atoms with Gasteiger partial charge in [0.1, 0.15) is 0 Å². The van der Waals surface area contributed by atoms with E-state index in [2.05, 4.69) is 24.1 Å². The van der Waals surface area contributed by atoms with E-state index < -0.39 is 0 Å². The average molecular weight is 301 g/mol. The van der Waals surface area contributed by atoms with Crippen molar-refractivity contribution in [3.05, 3.63) is 33.8 Å². The molecule has 0 saturated carbocycles. The second kappa shape index (κ2) is 6.94. The van der Waals surface area contributed by atoms with Crippen LogP contribution in [0.1, 0.15) is 25.8 Å². The molecular formula is C15H22Cl2N2. The zero-order valence-corrected chi connectivity index (χ0v) is 13.1. The fraction of sp³-hybridized carbons (Fsp3) is 0.600. The van der Waals surface area contributed by atoms with E-state index in [1.807, 2.05) is 18.2 Å². The Morgan fingerprint density at radius 2 is 2.00 bits per heavy atom. The van der Waals surface area contributed by atoms with E-state index in [4.69, 9.17) is 23.2 Å². The normalized spacial score (nSPS) is 21.0. The minimum Gasteiger partial charge on any atom is -0.314 e. The molecule has 1 atom stereocenters. The van der Waals surface area contributed by atoms with Crippen LogP contribution < -0.4 is 5.32 Å². The Morgan fingerprint density at radius 3 is 2.63 bits per heavy atom. The standard InChI is InChI=1S/C15H22Cl2N2/c1-11(2)8-12-9-18-6-7-19(12)10-13-14(16)4-3-5-15(13)17/h3-5,11-12,18H,6-10H2,1-2H3. The molecule has 19 heavy (non-hydrogen) atoms. The van der Waals surface area contributed by atoms with Crippen LogP contribution in [-0.4, -0.2) is 30.6 Å². The molecular weight excluding hydrogens is 279 g/mol. The predicted molar refractivity (Wildman–Crippen MR) is 83.0 cm³/mol. The Bertz CT molecular complexity index is 400. The van der Waals surface area contributed by atoms with Gasteiger partial charge in [-0.05, 0) is 24.5 Å². The molecule has 1 saturated heterocycles. The molecule has 0 amide bonds. The highest BCUT2D eigenvalue weighted by Crippen LogP contribution is 2.27. The van der Waals surface area contributed by atoms with E-state index in [-0.39, 0.29) is 0 Å².